The maximum atomic E-state index is 12.2. The molecule has 1 heterocycles. The first-order valence-electron chi connectivity index (χ1n) is 7.43. The maximum Gasteiger partial charge on any atom is 0.248 e. The van der Waals surface area contributed by atoms with Gasteiger partial charge in [-0.15, -0.1) is 0 Å². The summed E-state index contributed by atoms with van der Waals surface area (Å²) in [6, 6.07) is 13.7. The summed E-state index contributed by atoms with van der Waals surface area (Å²) in [6.45, 7) is 2.12. The van der Waals surface area contributed by atoms with Crippen molar-refractivity contribution in [1.82, 2.24) is 0 Å². The molecule has 114 valence electrons. The molecule has 0 saturated heterocycles. The fraction of sp³-hybridized carbons (Fsp3) is 0.278. The first-order chi connectivity index (χ1) is 10.6. The van der Waals surface area contributed by atoms with Crippen molar-refractivity contribution in [3.63, 3.8) is 0 Å². The molecule has 0 bridgehead atoms. The number of benzene rings is 2. The third-order valence-electron chi connectivity index (χ3n) is 4.39. The van der Waals surface area contributed by atoms with Crippen molar-refractivity contribution < 1.29 is 9.53 Å². The Morgan fingerprint density at radius 2 is 2.00 bits per heavy atom. The van der Waals surface area contributed by atoms with Gasteiger partial charge in [0, 0.05) is 12.1 Å². The largest absolute Gasteiger partial charge is 0.497 e. The number of aryl methyl sites for hydroxylation is 1. The topological polar surface area (TPSA) is 64.4 Å². The molecule has 2 aromatic rings. The highest BCUT2D eigenvalue weighted by Gasteiger charge is 2.43. The normalized spacial score (nSPS) is 19.4. The summed E-state index contributed by atoms with van der Waals surface area (Å²) in [5, 5.41) is 3.34. The summed E-state index contributed by atoms with van der Waals surface area (Å²) in [7, 11) is 1.62. The highest BCUT2D eigenvalue weighted by atomic mass is 16.5. The number of nitrogens with one attached hydrogen (secondary N) is 1. The molecule has 0 aliphatic carbocycles. The second-order valence-corrected chi connectivity index (χ2v) is 5.64. The van der Waals surface area contributed by atoms with E-state index in [0.717, 1.165) is 29.0 Å². The number of rotatable bonds is 4. The number of carbonyl (C=O) groups excluding carboxylic acids is 1. The number of ether oxygens (including phenoxy) is 1. The van der Waals surface area contributed by atoms with Gasteiger partial charge in [0.2, 0.25) is 5.91 Å². The van der Waals surface area contributed by atoms with Crippen LogP contribution in [-0.2, 0) is 23.2 Å². The van der Waals surface area contributed by atoms with Gasteiger partial charge in [-0.05, 0) is 41.3 Å². The Kier molecular flexibility index (Phi) is 3.53. The van der Waals surface area contributed by atoms with Crippen molar-refractivity contribution in [1.29, 1.82) is 0 Å². The third kappa shape index (κ3) is 2.21. The fourth-order valence-corrected chi connectivity index (χ4v) is 3.04. The summed E-state index contributed by atoms with van der Waals surface area (Å²) in [5.74, 6) is 0.388. The van der Waals surface area contributed by atoms with Gasteiger partial charge < -0.3 is 15.8 Å². The summed E-state index contributed by atoms with van der Waals surface area (Å²) >= 11 is 0. The SMILES string of the molecule is CCc1ccc2c(c1)CC(C(N)=O)(c1ccc(OC)cc1)N2. The number of carbonyl (C=O) groups is 1. The lowest BCUT2D eigenvalue weighted by atomic mass is 9.86. The Balaban J connectivity index is 2.02. The second kappa shape index (κ2) is 5.37. The number of primary amides is 1. The molecule has 4 heteroatoms. The predicted octanol–water partition coefficient (Wildman–Crippen LogP) is 2.61. The van der Waals surface area contributed by atoms with Gasteiger partial charge in [0.1, 0.15) is 11.3 Å². The Morgan fingerprint density at radius 3 is 2.59 bits per heavy atom. The highest BCUT2D eigenvalue weighted by molar-refractivity contribution is 5.92. The van der Waals surface area contributed by atoms with Crippen LogP contribution < -0.4 is 15.8 Å². The summed E-state index contributed by atoms with van der Waals surface area (Å²) in [4.78, 5) is 12.2. The Morgan fingerprint density at radius 1 is 1.27 bits per heavy atom. The van der Waals surface area contributed by atoms with Gasteiger partial charge >= 0.3 is 0 Å². The smallest absolute Gasteiger partial charge is 0.248 e. The van der Waals surface area contributed by atoms with Crippen LogP contribution in [-0.4, -0.2) is 13.0 Å². The number of hydrogen-bond donors (Lipinski definition) is 2. The number of nitrogens with two attached hydrogens (primary N) is 1. The van der Waals surface area contributed by atoms with Crippen LogP contribution >= 0.6 is 0 Å². The zero-order valence-corrected chi connectivity index (χ0v) is 12.8. The number of anilines is 1. The van der Waals surface area contributed by atoms with Crippen LogP contribution in [0.1, 0.15) is 23.6 Å². The molecular formula is C18H20N2O2. The molecule has 22 heavy (non-hydrogen) atoms. The molecule has 1 unspecified atom stereocenters. The van der Waals surface area contributed by atoms with Crippen molar-refractivity contribution in [2.75, 3.05) is 12.4 Å². The lowest BCUT2D eigenvalue weighted by Gasteiger charge is -2.27. The summed E-state index contributed by atoms with van der Waals surface area (Å²) in [5.41, 5.74) is 9.09. The van der Waals surface area contributed by atoms with Crippen molar-refractivity contribution in [3.05, 3.63) is 59.2 Å². The first kappa shape index (κ1) is 14.4. The van der Waals surface area contributed by atoms with Gasteiger partial charge in [-0.1, -0.05) is 31.2 Å². The van der Waals surface area contributed by atoms with E-state index in [9.17, 15) is 4.79 Å². The molecule has 1 amide bonds. The molecule has 2 aromatic carbocycles. The molecule has 1 atom stereocenters. The number of amides is 1. The Labute approximate surface area is 130 Å². The minimum atomic E-state index is -0.888. The maximum absolute atomic E-state index is 12.2. The molecule has 3 N–H and O–H groups in total. The standard InChI is InChI=1S/C18H20N2O2/c1-3-12-4-9-16-13(10-12)11-18(20-16,17(19)21)14-5-7-15(22-2)8-6-14/h4-10,20H,3,11H2,1-2H3,(H2,19,21). The quantitative estimate of drug-likeness (QED) is 0.911. The molecule has 1 aliphatic rings. The van der Waals surface area contributed by atoms with Crippen LogP contribution in [0.25, 0.3) is 0 Å². The molecule has 0 radical (unpaired) electrons. The molecule has 0 spiro atoms. The van der Waals surface area contributed by atoms with Crippen LogP contribution in [0.2, 0.25) is 0 Å². The molecule has 3 rings (SSSR count). The van der Waals surface area contributed by atoms with Crippen LogP contribution in [0.15, 0.2) is 42.5 Å². The van der Waals surface area contributed by atoms with E-state index in [-0.39, 0.29) is 5.91 Å². The minimum Gasteiger partial charge on any atom is -0.497 e. The van der Waals surface area contributed by atoms with Crippen molar-refractivity contribution >= 4 is 11.6 Å². The van der Waals surface area contributed by atoms with Gasteiger partial charge in [-0.25, -0.2) is 0 Å². The van der Waals surface area contributed by atoms with E-state index >= 15 is 0 Å². The average molecular weight is 296 g/mol. The Hall–Kier alpha value is -2.49. The summed E-state index contributed by atoms with van der Waals surface area (Å²) < 4.78 is 5.18. The van der Waals surface area contributed by atoms with Gasteiger partial charge in [0.15, 0.2) is 0 Å². The molecule has 4 nitrogen and oxygen atoms in total. The zero-order chi connectivity index (χ0) is 15.7. The van der Waals surface area contributed by atoms with Gasteiger partial charge in [0.25, 0.3) is 0 Å². The van der Waals surface area contributed by atoms with E-state index in [1.54, 1.807) is 7.11 Å². The number of hydrogen-bond acceptors (Lipinski definition) is 3. The van der Waals surface area contributed by atoms with Crippen LogP contribution in [0.4, 0.5) is 5.69 Å². The van der Waals surface area contributed by atoms with Gasteiger partial charge in [-0.2, -0.15) is 0 Å². The van der Waals surface area contributed by atoms with E-state index in [4.69, 9.17) is 10.5 Å². The monoisotopic (exact) mass is 296 g/mol. The minimum absolute atomic E-state index is 0.369. The number of methoxy groups -OCH3 is 1. The van der Waals surface area contributed by atoms with E-state index in [1.807, 2.05) is 30.3 Å². The van der Waals surface area contributed by atoms with Crippen LogP contribution in [0.5, 0.6) is 5.75 Å². The van der Waals surface area contributed by atoms with E-state index in [1.165, 1.54) is 5.56 Å². The van der Waals surface area contributed by atoms with Crippen LogP contribution in [0, 0.1) is 0 Å². The lowest BCUT2D eigenvalue weighted by Crippen LogP contribution is -2.46. The first-order valence-corrected chi connectivity index (χ1v) is 7.43. The van der Waals surface area contributed by atoms with Crippen molar-refractivity contribution in [3.8, 4) is 5.75 Å². The molecular weight excluding hydrogens is 276 g/mol. The van der Waals surface area contributed by atoms with E-state index in [0.29, 0.717) is 6.42 Å². The van der Waals surface area contributed by atoms with E-state index < -0.39 is 5.54 Å². The van der Waals surface area contributed by atoms with Gasteiger partial charge in [-0.3, -0.25) is 4.79 Å². The molecule has 1 aliphatic heterocycles. The Bertz CT molecular complexity index is 710. The predicted molar refractivity (Wildman–Crippen MR) is 87.0 cm³/mol. The third-order valence-corrected chi connectivity index (χ3v) is 4.39. The zero-order valence-electron chi connectivity index (χ0n) is 12.8. The lowest BCUT2D eigenvalue weighted by molar-refractivity contribution is -0.122. The van der Waals surface area contributed by atoms with Crippen molar-refractivity contribution in [2.24, 2.45) is 5.73 Å². The molecule has 0 fully saturated rings. The van der Waals surface area contributed by atoms with Crippen LogP contribution in [0.3, 0.4) is 0 Å². The number of fused-ring (bicyclic) bond motifs is 1. The molecule has 0 saturated carbocycles. The molecule has 0 aromatic heterocycles. The van der Waals surface area contributed by atoms with Crippen molar-refractivity contribution in [2.45, 2.75) is 25.3 Å². The fourth-order valence-electron chi connectivity index (χ4n) is 3.04. The van der Waals surface area contributed by atoms with Gasteiger partial charge in [0.05, 0.1) is 7.11 Å². The highest BCUT2D eigenvalue weighted by Crippen LogP contribution is 2.40. The average Bonchev–Trinajstić information content (AvgIpc) is 2.94. The van der Waals surface area contributed by atoms with E-state index in [2.05, 4.69) is 24.4 Å². The summed E-state index contributed by atoms with van der Waals surface area (Å²) in [6.07, 6.45) is 1.54. The second-order valence-electron chi connectivity index (χ2n) is 5.64.